The minimum atomic E-state index is -0.289. The molecule has 1 amide bonds. The molecule has 0 aliphatic heterocycles. The van der Waals surface area contributed by atoms with E-state index in [9.17, 15) is 4.79 Å². The van der Waals surface area contributed by atoms with Crippen LogP contribution in [0.5, 0.6) is 17.2 Å². The molecule has 0 saturated heterocycles. The zero-order valence-electron chi connectivity index (χ0n) is 18.0. The van der Waals surface area contributed by atoms with Crippen LogP contribution in [0.25, 0.3) is 0 Å². The summed E-state index contributed by atoms with van der Waals surface area (Å²) in [6.45, 7) is 9.64. The van der Waals surface area contributed by atoms with Gasteiger partial charge in [-0.3, -0.25) is 4.79 Å². The van der Waals surface area contributed by atoms with Crippen molar-refractivity contribution in [3.8, 4) is 17.2 Å². The summed E-state index contributed by atoms with van der Waals surface area (Å²) in [6, 6.07) is 13.7. The van der Waals surface area contributed by atoms with E-state index in [2.05, 4.69) is 10.6 Å². The molecule has 158 valence electrons. The molecule has 29 heavy (non-hydrogen) atoms. The van der Waals surface area contributed by atoms with Crippen molar-refractivity contribution >= 4 is 5.91 Å². The van der Waals surface area contributed by atoms with Crippen molar-refractivity contribution in [2.45, 2.75) is 46.3 Å². The smallest absolute Gasteiger partial charge is 0.258 e. The molecule has 2 rings (SSSR count). The van der Waals surface area contributed by atoms with E-state index in [1.807, 2.05) is 70.2 Å². The first-order valence-corrected chi connectivity index (χ1v) is 9.84. The molecule has 0 aromatic heterocycles. The summed E-state index contributed by atoms with van der Waals surface area (Å²) < 4.78 is 16.6. The molecule has 0 unspecified atom stereocenters. The van der Waals surface area contributed by atoms with E-state index in [1.54, 1.807) is 7.11 Å². The molecule has 0 heterocycles. The lowest BCUT2D eigenvalue weighted by molar-refractivity contribution is -0.124. The molecule has 0 spiro atoms. The first kappa shape index (κ1) is 22.6. The van der Waals surface area contributed by atoms with Gasteiger partial charge in [-0.25, -0.2) is 0 Å². The maximum absolute atomic E-state index is 12.0. The van der Waals surface area contributed by atoms with Gasteiger partial charge in [0.1, 0.15) is 5.75 Å². The summed E-state index contributed by atoms with van der Waals surface area (Å²) in [5.74, 6) is 1.89. The van der Waals surface area contributed by atoms with Crippen LogP contribution >= 0.6 is 0 Å². The molecule has 2 aromatic carbocycles. The fourth-order valence-electron chi connectivity index (χ4n) is 2.74. The van der Waals surface area contributed by atoms with E-state index in [0.717, 1.165) is 17.9 Å². The number of benzene rings is 2. The molecule has 6 heteroatoms. The van der Waals surface area contributed by atoms with E-state index in [4.69, 9.17) is 14.2 Å². The Hall–Kier alpha value is -2.73. The van der Waals surface area contributed by atoms with Gasteiger partial charge in [-0.05, 0) is 63.1 Å². The number of carbonyl (C=O) groups is 1. The standard InChI is InChI=1S/C23H32N2O4/c1-6-28-21-13-18(15-24-14-17-7-10-19(27-5)11-8-17)9-12-20(21)29-16-22(26)25-23(2,3)4/h7-13,24H,6,14-16H2,1-5H3,(H,25,26). The summed E-state index contributed by atoms with van der Waals surface area (Å²) in [7, 11) is 1.66. The number of nitrogens with one attached hydrogen (secondary N) is 2. The van der Waals surface area contributed by atoms with E-state index >= 15 is 0 Å². The van der Waals surface area contributed by atoms with E-state index < -0.39 is 0 Å². The number of rotatable bonds is 10. The van der Waals surface area contributed by atoms with Crippen LogP contribution in [0.4, 0.5) is 0 Å². The maximum atomic E-state index is 12.0. The molecule has 2 aromatic rings. The second kappa shape index (κ2) is 10.7. The Kier molecular flexibility index (Phi) is 8.34. The summed E-state index contributed by atoms with van der Waals surface area (Å²) >= 11 is 0. The third-order valence-corrected chi connectivity index (χ3v) is 4.00. The van der Waals surface area contributed by atoms with Gasteiger partial charge in [-0.2, -0.15) is 0 Å². The lowest BCUT2D eigenvalue weighted by atomic mass is 10.1. The Balaban J connectivity index is 1.92. The fraction of sp³-hybridized carbons (Fsp3) is 0.435. The number of amides is 1. The third-order valence-electron chi connectivity index (χ3n) is 4.00. The van der Waals surface area contributed by atoms with E-state index in [1.165, 1.54) is 5.56 Å². The molecule has 0 atom stereocenters. The Morgan fingerprint density at radius 1 is 0.931 bits per heavy atom. The van der Waals surface area contributed by atoms with Gasteiger partial charge in [-0.1, -0.05) is 18.2 Å². The first-order chi connectivity index (χ1) is 13.8. The largest absolute Gasteiger partial charge is 0.497 e. The van der Waals surface area contributed by atoms with Gasteiger partial charge in [0, 0.05) is 18.6 Å². The highest BCUT2D eigenvalue weighted by Crippen LogP contribution is 2.28. The van der Waals surface area contributed by atoms with Crippen molar-refractivity contribution in [3.63, 3.8) is 0 Å². The van der Waals surface area contributed by atoms with Crippen molar-refractivity contribution < 1.29 is 19.0 Å². The highest BCUT2D eigenvalue weighted by molar-refractivity contribution is 5.78. The Morgan fingerprint density at radius 2 is 1.59 bits per heavy atom. The van der Waals surface area contributed by atoms with Crippen LogP contribution in [0.2, 0.25) is 0 Å². The highest BCUT2D eigenvalue weighted by atomic mass is 16.5. The molecule has 0 fully saturated rings. The zero-order chi connectivity index (χ0) is 21.3. The van der Waals surface area contributed by atoms with Crippen LogP contribution in [-0.4, -0.2) is 31.8 Å². The number of ether oxygens (including phenoxy) is 3. The average molecular weight is 401 g/mol. The second-order valence-electron chi connectivity index (χ2n) is 7.75. The van der Waals surface area contributed by atoms with Crippen molar-refractivity contribution in [3.05, 3.63) is 53.6 Å². The van der Waals surface area contributed by atoms with Crippen LogP contribution in [0.15, 0.2) is 42.5 Å². The van der Waals surface area contributed by atoms with E-state index in [-0.39, 0.29) is 18.1 Å². The molecule has 2 N–H and O–H groups in total. The molecule has 0 radical (unpaired) electrons. The summed E-state index contributed by atoms with van der Waals surface area (Å²) in [4.78, 5) is 12.0. The van der Waals surface area contributed by atoms with Gasteiger partial charge in [0.25, 0.3) is 5.91 Å². The van der Waals surface area contributed by atoms with Gasteiger partial charge in [0.05, 0.1) is 13.7 Å². The van der Waals surface area contributed by atoms with Crippen LogP contribution in [0.3, 0.4) is 0 Å². The van der Waals surface area contributed by atoms with Crippen LogP contribution in [0, 0.1) is 0 Å². The monoisotopic (exact) mass is 400 g/mol. The highest BCUT2D eigenvalue weighted by Gasteiger charge is 2.15. The van der Waals surface area contributed by atoms with Crippen LogP contribution in [-0.2, 0) is 17.9 Å². The quantitative estimate of drug-likeness (QED) is 0.637. The maximum Gasteiger partial charge on any atom is 0.258 e. The van der Waals surface area contributed by atoms with Crippen LogP contribution < -0.4 is 24.8 Å². The van der Waals surface area contributed by atoms with Gasteiger partial charge >= 0.3 is 0 Å². The van der Waals surface area contributed by atoms with Gasteiger partial charge in [0.15, 0.2) is 18.1 Å². The molecular weight excluding hydrogens is 368 g/mol. The zero-order valence-corrected chi connectivity index (χ0v) is 18.0. The predicted octanol–water partition coefficient (Wildman–Crippen LogP) is 3.68. The van der Waals surface area contributed by atoms with Gasteiger partial charge in [-0.15, -0.1) is 0 Å². The Bertz CT molecular complexity index is 782. The SMILES string of the molecule is CCOc1cc(CNCc2ccc(OC)cc2)ccc1OCC(=O)NC(C)(C)C. The molecule has 0 aliphatic carbocycles. The summed E-state index contributed by atoms with van der Waals surface area (Å²) in [5, 5.41) is 6.30. The number of methoxy groups -OCH3 is 1. The number of hydrogen-bond donors (Lipinski definition) is 2. The predicted molar refractivity (Wildman–Crippen MR) is 115 cm³/mol. The second-order valence-corrected chi connectivity index (χ2v) is 7.75. The number of carbonyl (C=O) groups excluding carboxylic acids is 1. The van der Waals surface area contributed by atoms with Crippen molar-refractivity contribution in [1.82, 2.24) is 10.6 Å². The van der Waals surface area contributed by atoms with Gasteiger partial charge in [0.2, 0.25) is 0 Å². The molecule has 0 aliphatic rings. The average Bonchev–Trinajstić information content (AvgIpc) is 2.67. The fourth-order valence-corrected chi connectivity index (χ4v) is 2.74. The molecule has 6 nitrogen and oxygen atoms in total. The molecule has 0 saturated carbocycles. The van der Waals surface area contributed by atoms with Crippen molar-refractivity contribution in [1.29, 1.82) is 0 Å². The lowest BCUT2D eigenvalue weighted by Crippen LogP contribution is -2.43. The van der Waals surface area contributed by atoms with Gasteiger partial charge < -0.3 is 24.8 Å². The Morgan fingerprint density at radius 3 is 2.21 bits per heavy atom. The minimum absolute atomic E-state index is 0.0492. The van der Waals surface area contributed by atoms with Crippen molar-refractivity contribution in [2.75, 3.05) is 20.3 Å². The lowest BCUT2D eigenvalue weighted by Gasteiger charge is -2.21. The number of hydrogen-bond acceptors (Lipinski definition) is 5. The summed E-state index contributed by atoms with van der Waals surface area (Å²) in [5.41, 5.74) is 1.97. The minimum Gasteiger partial charge on any atom is -0.497 e. The van der Waals surface area contributed by atoms with Crippen molar-refractivity contribution in [2.24, 2.45) is 0 Å². The summed E-state index contributed by atoms with van der Waals surface area (Å²) in [6.07, 6.45) is 0. The van der Waals surface area contributed by atoms with E-state index in [0.29, 0.717) is 24.7 Å². The molecular formula is C23H32N2O4. The first-order valence-electron chi connectivity index (χ1n) is 9.84. The topological polar surface area (TPSA) is 68.8 Å². The van der Waals surface area contributed by atoms with Crippen LogP contribution in [0.1, 0.15) is 38.8 Å². The normalized spacial score (nSPS) is 11.1. The Labute approximate surface area is 173 Å². The third kappa shape index (κ3) is 8.03. The molecule has 0 bridgehead atoms.